The summed E-state index contributed by atoms with van der Waals surface area (Å²) in [5, 5.41) is 3.31. The van der Waals surface area contributed by atoms with E-state index in [4.69, 9.17) is 5.73 Å². The quantitative estimate of drug-likeness (QED) is 0.377. The lowest BCUT2D eigenvalue weighted by Gasteiger charge is -2.26. The Kier molecular flexibility index (Phi) is 10.9. The van der Waals surface area contributed by atoms with Crippen LogP contribution < -0.4 is 11.1 Å². The molecule has 3 heteroatoms. The first-order valence-corrected chi connectivity index (χ1v) is 9.38. The third-order valence-electron chi connectivity index (χ3n) is 4.35. The number of rotatable bonds is 13. The van der Waals surface area contributed by atoms with Crippen molar-refractivity contribution in [3.8, 4) is 0 Å². The first-order valence-electron chi connectivity index (χ1n) is 9.38. The lowest BCUT2D eigenvalue weighted by molar-refractivity contribution is 0.259. The van der Waals surface area contributed by atoms with Crippen molar-refractivity contribution < 1.29 is 0 Å². The molecule has 0 aliphatic carbocycles. The summed E-state index contributed by atoms with van der Waals surface area (Å²) in [5.74, 6) is 0. The van der Waals surface area contributed by atoms with Gasteiger partial charge in [-0.25, -0.2) is 0 Å². The predicted octanol–water partition coefficient (Wildman–Crippen LogP) is 4.86. The molecule has 1 heterocycles. The Morgan fingerprint density at radius 3 is 2.23 bits per heavy atom. The molecular formula is C19H37N3. The average Bonchev–Trinajstić information content (AvgIpc) is 2.97. The standard InChI is InChI=1S/C19H37N3/c1-3-4-5-6-7-8-9-10-11-12-13-14-15-19-21-16-17-22(19)18(2)20/h14-19,21H,3-13,20H2,1-2H3/b15-14+. The molecule has 0 spiro atoms. The van der Waals surface area contributed by atoms with E-state index in [2.05, 4.69) is 29.3 Å². The van der Waals surface area contributed by atoms with E-state index in [0.717, 1.165) is 0 Å². The second kappa shape index (κ2) is 12.6. The van der Waals surface area contributed by atoms with E-state index in [1.54, 1.807) is 0 Å². The van der Waals surface area contributed by atoms with Crippen LogP contribution in [0.25, 0.3) is 0 Å². The van der Waals surface area contributed by atoms with E-state index in [-0.39, 0.29) is 12.3 Å². The fourth-order valence-electron chi connectivity index (χ4n) is 2.93. The van der Waals surface area contributed by atoms with Gasteiger partial charge in [-0.05, 0) is 25.8 Å². The second-order valence-corrected chi connectivity index (χ2v) is 6.51. The Morgan fingerprint density at radius 2 is 1.64 bits per heavy atom. The van der Waals surface area contributed by atoms with Crippen LogP contribution in [0.3, 0.4) is 0 Å². The summed E-state index contributed by atoms with van der Waals surface area (Å²) in [7, 11) is 0. The van der Waals surface area contributed by atoms with Crippen molar-refractivity contribution in [3.63, 3.8) is 0 Å². The van der Waals surface area contributed by atoms with Gasteiger partial charge in [0.25, 0.3) is 0 Å². The monoisotopic (exact) mass is 307 g/mol. The molecular weight excluding hydrogens is 270 g/mol. The average molecular weight is 308 g/mol. The molecule has 0 saturated heterocycles. The molecule has 0 bridgehead atoms. The number of hydrogen-bond donors (Lipinski definition) is 2. The van der Waals surface area contributed by atoms with E-state index in [1.165, 1.54) is 70.6 Å². The van der Waals surface area contributed by atoms with E-state index in [9.17, 15) is 0 Å². The van der Waals surface area contributed by atoms with Crippen LogP contribution in [0.2, 0.25) is 0 Å². The Hall–Kier alpha value is -0.960. The SMILES string of the molecule is CCCCCCCCCCCC/C=C/C1NC=CN1C(C)N. The molecule has 0 aromatic heterocycles. The van der Waals surface area contributed by atoms with Gasteiger partial charge in [-0.1, -0.05) is 70.8 Å². The van der Waals surface area contributed by atoms with E-state index < -0.39 is 0 Å². The summed E-state index contributed by atoms with van der Waals surface area (Å²) in [6.07, 6.45) is 24.0. The van der Waals surface area contributed by atoms with E-state index in [1.807, 2.05) is 19.3 Å². The van der Waals surface area contributed by atoms with Crippen LogP contribution in [0.1, 0.15) is 84.5 Å². The number of nitrogens with zero attached hydrogens (tertiary/aromatic N) is 1. The Balaban J connectivity index is 1.90. The molecule has 0 aromatic rings. The molecule has 2 unspecified atom stereocenters. The van der Waals surface area contributed by atoms with Crippen LogP contribution in [-0.2, 0) is 0 Å². The predicted molar refractivity (Wildman–Crippen MR) is 97.2 cm³/mol. The van der Waals surface area contributed by atoms with Crippen LogP contribution in [-0.4, -0.2) is 17.2 Å². The summed E-state index contributed by atoms with van der Waals surface area (Å²) >= 11 is 0. The van der Waals surface area contributed by atoms with Crippen LogP contribution in [0.15, 0.2) is 24.6 Å². The zero-order valence-corrected chi connectivity index (χ0v) is 14.8. The van der Waals surface area contributed by atoms with Gasteiger partial charge in [-0.15, -0.1) is 0 Å². The highest BCUT2D eigenvalue weighted by Gasteiger charge is 2.17. The molecule has 0 radical (unpaired) electrons. The Labute approximate surface area is 138 Å². The number of unbranched alkanes of at least 4 members (excludes halogenated alkanes) is 10. The maximum absolute atomic E-state index is 5.93. The molecule has 0 fully saturated rings. The summed E-state index contributed by atoms with van der Waals surface area (Å²) < 4.78 is 0. The van der Waals surface area contributed by atoms with E-state index in [0.29, 0.717) is 0 Å². The van der Waals surface area contributed by atoms with Crippen LogP contribution in [0, 0.1) is 0 Å². The van der Waals surface area contributed by atoms with Gasteiger partial charge in [0.1, 0.15) is 6.17 Å². The van der Waals surface area contributed by atoms with Gasteiger partial charge in [0.2, 0.25) is 0 Å². The van der Waals surface area contributed by atoms with Gasteiger partial charge in [0.05, 0.1) is 6.17 Å². The molecule has 3 N–H and O–H groups in total. The number of nitrogens with two attached hydrogens (primary N) is 1. The molecule has 0 saturated carbocycles. The van der Waals surface area contributed by atoms with Crippen molar-refractivity contribution >= 4 is 0 Å². The summed E-state index contributed by atoms with van der Waals surface area (Å²) in [4.78, 5) is 2.13. The van der Waals surface area contributed by atoms with Crippen molar-refractivity contribution in [1.29, 1.82) is 0 Å². The number of hydrogen-bond acceptors (Lipinski definition) is 3. The lowest BCUT2D eigenvalue weighted by Crippen LogP contribution is -2.43. The lowest BCUT2D eigenvalue weighted by atomic mass is 10.1. The van der Waals surface area contributed by atoms with Gasteiger partial charge in [-0.2, -0.15) is 0 Å². The van der Waals surface area contributed by atoms with Crippen molar-refractivity contribution in [1.82, 2.24) is 10.2 Å². The highest BCUT2D eigenvalue weighted by Crippen LogP contribution is 2.12. The second-order valence-electron chi connectivity index (χ2n) is 6.51. The molecule has 0 aromatic carbocycles. The third-order valence-corrected chi connectivity index (χ3v) is 4.35. The first-order chi connectivity index (χ1) is 10.8. The molecule has 1 rings (SSSR count). The maximum atomic E-state index is 5.93. The van der Waals surface area contributed by atoms with Crippen LogP contribution in [0.4, 0.5) is 0 Å². The first kappa shape index (κ1) is 19.1. The van der Waals surface area contributed by atoms with Gasteiger partial charge in [-0.3, -0.25) is 0 Å². The zero-order valence-electron chi connectivity index (χ0n) is 14.8. The Bertz CT molecular complexity index is 310. The van der Waals surface area contributed by atoms with Gasteiger partial charge >= 0.3 is 0 Å². The smallest absolute Gasteiger partial charge is 0.119 e. The van der Waals surface area contributed by atoms with Crippen LogP contribution >= 0.6 is 0 Å². The normalized spacial score (nSPS) is 19.0. The topological polar surface area (TPSA) is 41.3 Å². The maximum Gasteiger partial charge on any atom is 0.119 e. The minimum Gasteiger partial charge on any atom is -0.367 e. The van der Waals surface area contributed by atoms with Gasteiger partial charge in [0, 0.05) is 12.4 Å². The van der Waals surface area contributed by atoms with Crippen molar-refractivity contribution in [2.45, 2.75) is 96.8 Å². The minimum atomic E-state index is 0.0539. The Morgan fingerprint density at radius 1 is 1.05 bits per heavy atom. The molecule has 2 atom stereocenters. The largest absolute Gasteiger partial charge is 0.367 e. The number of nitrogens with one attached hydrogen (secondary N) is 1. The fraction of sp³-hybridized carbons (Fsp3) is 0.789. The third kappa shape index (κ3) is 8.47. The van der Waals surface area contributed by atoms with Gasteiger partial charge < -0.3 is 16.0 Å². The fourth-order valence-corrected chi connectivity index (χ4v) is 2.93. The molecule has 1 aliphatic heterocycles. The van der Waals surface area contributed by atoms with Gasteiger partial charge in [0.15, 0.2) is 0 Å². The van der Waals surface area contributed by atoms with Crippen LogP contribution in [0.5, 0.6) is 0 Å². The van der Waals surface area contributed by atoms with Crippen molar-refractivity contribution in [2.75, 3.05) is 0 Å². The number of allylic oxidation sites excluding steroid dienone is 1. The summed E-state index contributed by atoms with van der Waals surface area (Å²) in [5.41, 5.74) is 5.93. The molecule has 128 valence electrons. The minimum absolute atomic E-state index is 0.0539. The molecule has 0 amide bonds. The zero-order chi connectivity index (χ0) is 16.0. The van der Waals surface area contributed by atoms with Crippen molar-refractivity contribution in [2.24, 2.45) is 5.73 Å². The molecule has 1 aliphatic rings. The summed E-state index contributed by atoms with van der Waals surface area (Å²) in [6, 6.07) is 0. The summed E-state index contributed by atoms with van der Waals surface area (Å²) in [6.45, 7) is 4.29. The van der Waals surface area contributed by atoms with Crippen molar-refractivity contribution in [3.05, 3.63) is 24.6 Å². The van der Waals surface area contributed by atoms with E-state index >= 15 is 0 Å². The highest BCUT2D eigenvalue weighted by molar-refractivity contribution is 5.05. The molecule has 22 heavy (non-hydrogen) atoms. The molecule has 3 nitrogen and oxygen atoms in total. The highest BCUT2D eigenvalue weighted by atomic mass is 15.3.